The van der Waals surface area contributed by atoms with Crippen molar-refractivity contribution in [2.24, 2.45) is 0 Å². The van der Waals surface area contributed by atoms with Gasteiger partial charge in [-0.25, -0.2) is 4.79 Å². The molecule has 1 heterocycles. The number of halogens is 3. The molecule has 1 fully saturated rings. The summed E-state index contributed by atoms with van der Waals surface area (Å²) in [6.45, 7) is 4.12. The van der Waals surface area contributed by atoms with E-state index in [1.54, 1.807) is 42.5 Å². The molecule has 236 valence electrons. The number of thioether (sulfide) groups is 1. The van der Waals surface area contributed by atoms with E-state index in [2.05, 4.69) is 5.32 Å². The summed E-state index contributed by atoms with van der Waals surface area (Å²) in [5, 5.41) is 3.04. The summed E-state index contributed by atoms with van der Waals surface area (Å²) >= 11 is 18.9. The second-order valence-corrected chi connectivity index (χ2v) is 11.9. The Balaban J connectivity index is 1.41. The number of benzene rings is 3. The van der Waals surface area contributed by atoms with Crippen LogP contribution in [0.3, 0.4) is 0 Å². The fourth-order valence-corrected chi connectivity index (χ4v) is 5.42. The third-order valence-corrected chi connectivity index (χ3v) is 8.30. The topological polar surface area (TPSA) is 111 Å². The zero-order chi connectivity index (χ0) is 32.5. The van der Waals surface area contributed by atoms with Crippen LogP contribution in [0.5, 0.6) is 11.5 Å². The number of hydrogen-bond acceptors (Lipinski definition) is 8. The standard InChI is InChI=1S/C32H29Cl3N2O7S/c1-3-5-12-43-31(40)22-16-21(8-10-23(22)33)36-29(38)17-37-30(39)28(45-32(37)41)15-19-7-11-26(27(14-19)42-4-2)44-18-20-6-9-24(34)25(35)13-20/h6-11,13-16H,3-5,12,17-18H2,1-2H3,(H,36,38)/b28-15+. The van der Waals surface area contributed by atoms with Gasteiger partial charge in [0.05, 0.1) is 38.8 Å². The van der Waals surface area contributed by atoms with E-state index in [0.29, 0.717) is 40.1 Å². The number of unbranched alkanes of at least 4 members (excludes halogenated alkanes) is 1. The predicted molar refractivity (Wildman–Crippen MR) is 176 cm³/mol. The van der Waals surface area contributed by atoms with Gasteiger partial charge in [0.1, 0.15) is 13.2 Å². The van der Waals surface area contributed by atoms with Gasteiger partial charge in [0.15, 0.2) is 11.5 Å². The second kappa shape index (κ2) is 16.0. The summed E-state index contributed by atoms with van der Waals surface area (Å²) in [7, 11) is 0. The van der Waals surface area contributed by atoms with Crippen LogP contribution in [-0.4, -0.2) is 47.7 Å². The first-order valence-corrected chi connectivity index (χ1v) is 15.9. The monoisotopic (exact) mass is 690 g/mol. The van der Waals surface area contributed by atoms with E-state index in [-0.39, 0.29) is 34.4 Å². The Morgan fingerprint density at radius 1 is 0.911 bits per heavy atom. The van der Waals surface area contributed by atoms with E-state index < -0.39 is 29.6 Å². The first-order chi connectivity index (χ1) is 21.6. The molecular formula is C32H29Cl3N2O7S. The summed E-state index contributed by atoms with van der Waals surface area (Å²) in [6.07, 6.45) is 3.11. The Morgan fingerprint density at radius 3 is 2.42 bits per heavy atom. The summed E-state index contributed by atoms with van der Waals surface area (Å²) < 4.78 is 16.9. The van der Waals surface area contributed by atoms with Crippen LogP contribution in [0.2, 0.25) is 15.1 Å². The zero-order valence-electron chi connectivity index (χ0n) is 24.4. The smallest absolute Gasteiger partial charge is 0.339 e. The number of nitrogens with zero attached hydrogens (tertiary/aromatic N) is 1. The van der Waals surface area contributed by atoms with Crippen LogP contribution in [0.4, 0.5) is 10.5 Å². The van der Waals surface area contributed by atoms with Crippen LogP contribution >= 0.6 is 46.6 Å². The molecule has 0 aromatic heterocycles. The molecule has 4 rings (SSSR count). The van der Waals surface area contributed by atoms with Crippen LogP contribution < -0.4 is 14.8 Å². The molecule has 0 saturated carbocycles. The van der Waals surface area contributed by atoms with Crippen molar-refractivity contribution >= 4 is 81.4 Å². The SMILES string of the molecule is CCCCOC(=O)c1cc(NC(=O)CN2C(=O)S/C(=C/c3ccc(OCc4ccc(Cl)c(Cl)c4)c(OCC)c3)C2=O)ccc1Cl. The first kappa shape index (κ1) is 34.2. The second-order valence-electron chi connectivity index (χ2n) is 9.68. The normalized spacial score (nSPS) is 13.7. The van der Waals surface area contributed by atoms with Crippen LogP contribution in [0, 0.1) is 0 Å². The van der Waals surface area contributed by atoms with Gasteiger partial charge in [-0.2, -0.15) is 0 Å². The minimum Gasteiger partial charge on any atom is -0.490 e. The highest BCUT2D eigenvalue weighted by Crippen LogP contribution is 2.35. The number of hydrogen-bond donors (Lipinski definition) is 1. The first-order valence-electron chi connectivity index (χ1n) is 13.9. The van der Waals surface area contributed by atoms with Gasteiger partial charge in [0.2, 0.25) is 5.91 Å². The van der Waals surface area contributed by atoms with Crippen molar-refractivity contribution in [2.45, 2.75) is 33.3 Å². The number of amides is 3. The summed E-state index contributed by atoms with van der Waals surface area (Å²) in [4.78, 5) is 51.9. The number of nitrogens with one attached hydrogen (secondary N) is 1. The molecule has 0 bridgehead atoms. The Labute approximate surface area is 279 Å². The number of imide groups is 1. The van der Waals surface area contributed by atoms with Gasteiger partial charge in [-0.1, -0.05) is 60.3 Å². The lowest BCUT2D eigenvalue weighted by Gasteiger charge is -2.14. The highest BCUT2D eigenvalue weighted by molar-refractivity contribution is 8.18. The number of carbonyl (C=O) groups is 4. The molecule has 45 heavy (non-hydrogen) atoms. The lowest BCUT2D eigenvalue weighted by molar-refractivity contribution is -0.127. The Morgan fingerprint density at radius 2 is 1.69 bits per heavy atom. The van der Waals surface area contributed by atoms with E-state index in [4.69, 9.17) is 49.0 Å². The van der Waals surface area contributed by atoms with E-state index >= 15 is 0 Å². The largest absolute Gasteiger partial charge is 0.490 e. The average molecular weight is 692 g/mol. The zero-order valence-corrected chi connectivity index (χ0v) is 27.4. The molecule has 0 radical (unpaired) electrons. The highest BCUT2D eigenvalue weighted by atomic mass is 35.5. The van der Waals surface area contributed by atoms with Gasteiger partial charge in [0.25, 0.3) is 11.1 Å². The molecule has 1 N–H and O–H groups in total. The summed E-state index contributed by atoms with van der Waals surface area (Å²) in [5.41, 5.74) is 1.76. The Bertz CT molecular complexity index is 1650. The predicted octanol–water partition coefficient (Wildman–Crippen LogP) is 8.26. The quantitative estimate of drug-likeness (QED) is 0.108. The van der Waals surface area contributed by atoms with Crippen molar-refractivity contribution in [1.82, 2.24) is 4.90 Å². The van der Waals surface area contributed by atoms with Gasteiger partial charge in [-0.3, -0.25) is 19.3 Å². The molecule has 0 aliphatic carbocycles. The molecule has 1 aliphatic rings. The lowest BCUT2D eigenvalue weighted by atomic mass is 10.1. The molecule has 3 aromatic rings. The van der Waals surface area contributed by atoms with Crippen LogP contribution in [0.1, 0.15) is 48.2 Å². The maximum Gasteiger partial charge on any atom is 0.339 e. The lowest BCUT2D eigenvalue weighted by Crippen LogP contribution is -2.36. The fraction of sp³-hybridized carbons (Fsp3) is 0.250. The number of anilines is 1. The maximum atomic E-state index is 13.1. The van der Waals surface area contributed by atoms with Gasteiger partial charge in [-0.05, 0) is 84.8 Å². The third kappa shape index (κ3) is 9.17. The van der Waals surface area contributed by atoms with Gasteiger partial charge in [0, 0.05) is 5.69 Å². The fourth-order valence-electron chi connectivity index (χ4n) is 4.07. The molecule has 1 saturated heterocycles. The molecule has 1 aliphatic heterocycles. The minimum absolute atomic E-state index is 0.0943. The van der Waals surface area contributed by atoms with E-state index in [9.17, 15) is 19.2 Å². The van der Waals surface area contributed by atoms with E-state index in [1.165, 1.54) is 18.2 Å². The van der Waals surface area contributed by atoms with Gasteiger partial charge < -0.3 is 19.5 Å². The number of carbonyl (C=O) groups excluding carboxylic acids is 4. The summed E-state index contributed by atoms with van der Waals surface area (Å²) in [5.74, 6) is -0.937. The van der Waals surface area contributed by atoms with Crippen molar-refractivity contribution in [1.29, 1.82) is 0 Å². The molecule has 0 atom stereocenters. The minimum atomic E-state index is -0.631. The Kier molecular flexibility index (Phi) is 12.2. The average Bonchev–Trinajstić information content (AvgIpc) is 3.26. The van der Waals surface area contributed by atoms with Gasteiger partial charge in [-0.15, -0.1) is 0 Å². The molecular weight excluding hydrogens is 663 g/mol. The molecule has 13 heteroatoms. The maximum absolute atomic E-state index is 13.1. The van der Waals surface area contributed by atoms with E-state index in [1.807, 2.05) is 13.8 Å². The summed E-state index contributed by atoms with van der Waals surface area (Å²) in [6, 6.07) is 14.7. The van der Waals surface area contributed by atoms with Crippen molar-refractivity contribution in [3.8, 4) is 11.5 Å². The van der Waals surface area contributed by atoms with Gasteiger partial charge >= 0.3 is 5.97 Å². The van der Waals surface area contributed by atoms with Crippen LogP contribution in [0.25, 0.3) is 6.08 Å². The van der Waals surface area contributed by atoms with Crippen LogP contribution in [0.15, 0.2) is 59.5 Å². The number of ether oxygens (including phenoxy) is 3. The molecule has 0 unspecified atom stereocenters. The van der Waals surface area contributed by atoms with Crippen molar-refractivity contribution in [2.75, 3.05) is 25.1 Å². The van der Waals surface area contributed by atoms with Crippen LogP contribution in [-0.2, 0) is 20.9 Å². The Hall–Kier alpha value is -3.70. The van der Waals surface area contributed by atoms with Crippen molar-refractivity contribution in [3.05, 3.63) is 91.3 Å². The molecule has 0 spiro atoms. The number of rotatable bonds is 13. The molecule has 3 amide bonds. The van der Waals surface area contributed by atoms with Crippen molar-refractivity contribution < 1.29 is 33.4 Å². The third-order valence-electron chi connectivity index (χ3n) is 6.32. The number of esters is 1. The van der Waals surface area contributed by atoms with Crippen molar-refractivity contribution in [3.63, 3.8) is 0 Å². The van der Waals surface area contributed by atoms with E-state index in [0.717, 1.165) is 28.6 Å². The highest BCUT2D eigenvalue weighted by Gasteiger charge is 2.36. The molecule has 3 aromatic carbocycles. The molecule has 9 nitrogen and oxygen atoms in total.